The van der Waals surface area contributed by atoms with Crippen molar-refractivity contribution >= 4 is 34.8 Å². The van der Waals surface area contributed by atoms with Crippen molar-refractivity contribution in [2.24, 2.45) is 5.73 Å². The van der Waals surface area contributed by atoms with Crippen LogP contribution in [0.5, 0.6) is 0 Å². The van der Waals surface area contributed by atoms with Gasteiger partial charge >= 0.3 is 0 Å². The lowest BCUT2D eigenvalue weighted by molar-refractivity contribution is -0.120. The third-order valence-electron chi connectivity index (χ3n) is 3.35. The van der Waals surface area contributed by atoms with Gasteiger partial charge in [0, 0.05) is 5.69 Å². The Bertz CT molecular complexity index is 570. The Morgan fingerprint density at radius 1 is 1.55 bits per heavy atom. The Balaban J connectivity index is 2.21. The van der Waals surface area contributed by atoms with Crippen LogP contribution >= 0.6 is 11.6 Å². The third-order valence-corrected chi connectivity index (χ3v) is 3.67. The maximum atomic E-state index is 12.2. The Kier molecular flexibility index (Phi) is 4.01. The lowest BCUT2D eigenvalue weighted by atomic mass is 9.96. The maximum Gasteiger partial charge on any atom is 0.244 e. The molecule has 1 heterocycles. The second kappa shape index (κ2) is 5.42. The molecule has 0 aliphatic carbocycles. The summed E-state index contributed by atoms with van der Waals surface area (Å²) in [6.07, 6.45) is 1.70. The molecule has 1 aliphatic rings. The van der Waals surface area contributed by atoms with Crippen LogP contribution in [0.25, 0.3) is 0 Å². The van der Waals surface area contributed by atoms with E-state index in [0.717, 1.165) is 12.0 Å². The molecule has 0 fully saturated rings. The molecular weight excluding hydrogens is 278 g/mol. The van der Waals surface area contributed by atoms with Gasteiger partial charge in [0.25, 0.3) is 0 Å². The summed E-state index contributed by atoms with van der Waals surface area (Å²) in [7, 11) is 0. The van der Waals surface area contributed by atoms with E-state index in [-0.39, 0.29) is 11.8 Å². The highest BCUT2D eigenvalue weighted by Crippen LogP contribution is 2.33. The van der Waals surface area contributed by atoms with Crippen molar-refractivity contribution in [1.82, 2.24) is 0 Å². The summed E-state index contributed by atoms with van der Waals surface area (Å²) in [5, 5.41) is 5.83. The second-order valence-corrected chi connectivity index (χ2v) is 5.74. The first-order valence-corrected chi connectivity index (χ1v) is 6.94. The van der Waals surface area contributed by atoms with Crippen LogP contribution in [-0.4, -0.2) is 17.4 Å². The molecule has 0 saturated carbocycles. The molecule has 0 saturated heterocycles. The van der Waals surface area contributed by atoms with Crippen LogP contribution in [-0.2, 0) is 16.0 Å². The number of hydrogen-bond acceptors (Lipinski definition) is 3. The topological polar surface area (TPSA) is 84.2 Å². The predicted molar refractivity (Wildman–Crippen MR) is 79.9 cm³/mol. The van der Waals surface area contributed by atoms with E-state index in [1.807, 2.05) is 6.92 Å². The summed E-state index contributed by atoms with van der Waals surface area (Å²) >= 11 is 6.12. The Labute approximate surface area is 122 Å². The summed E-state index contributed by atoms with van der Waals surface area (Å²) in [5.74, 6) is -0.354. The van der Waals surface area contributed by atoms with Gasteiger partial charge in [-0.15, -0.1) is 0 Å². The van der Waals surface area contributed by atoms with E-state index in [4.69, 9.17) is 17.3 Å². The van der Waals surface area contributed by atoms with Gasteiger partial charge in [0.05, 0.1) is 22.7 Å². The molecule has 2 amide bonds. The van der Waals surface area contributed by atoms with Crippen LogP contribution in [0.15, 0.2) is 12.1 Å². The number of fused-ring (bicyclic) bond motifs is 1. The van der Waals surface area contributed by atoms with Crippen LogP contribution in [0.4, 0.5) is 11.4 Å². The maximum absolute atomic E-state index is 12.2. The number of anilines is 2. The number of nitrogens with one attached hydrogen (secondary N) is 2. The Morgan fingerprint density at radius 3 is 2.90 bits per heavy atom. The molecule has 108 valence electrons. The van der Waals surface area contributed by atoms with Gasteiger partial charge in [-0.3, -0.25) is 9.59 Å². The van der Waals surface area contributed by atoms with Crippen LogP contribution in [0, 0.1) is 0 Å². The molecule has 1 aromatic carbocycles. The summed E-state index contributed by atoms with van der Waals surface area (Å²) in [6, 6.07) is 3.36. The minimum absolute atomic E-state index is 0.0748. The molecule has 1 atom stereocenters. The second-order valence-electron chi connectivity index (χ2n) is 5.34. The van der Waals surface area contributed by atoms with E-state index in [1.165, 1.54) is 0 Å². The highest BCUT2D eigenvalue weighted by Gasteiger charge is 2.28. The van der Waals surface area contributed by atoms with Crippen molar-refractivity contribution < 1.29 is 9.59 Å². The van der Waals surface area contributed by atoms with E-state index in [2.05, 4.69) is 10.6 Å². The van der Waals surface area contributed by atoms with E-state index >= 15 is 0 Å². The van der Waals surface area contributed by atoms with Gasteiger partial charge in [-0.05, 0) is 31.0 Å². The number of nitrogens with two attached hydrogens (primary N) is 1. The molecule has 5 nitrogen and oxygen atoms in total. The number of benzene rings is 1. The standard InChI is InChI=1S/C14H18ClN3O2/c1-3-4-14(2,16)13(20)18-11-5-8-6-12(19)17-10(8)7-9(11)15/h5,7H,3-4,6,16H2,1-2H3,(H,17,19)(H,18,20). The zero-order valence-electron chi connectivity index (χ0n) is 11.5. The zero-order chi connectivity index (χ0) is 14.9. The molecule has 1 aliphatic heterocycles. The van der Waals surface area contributed by atoms with Crippen LogP contribution in [0.2, 0.25) is 5.02 Å². The number of carbonyl (C=O) groups is 2. The fourth-order valence-corrected chi connectivity index (χ4v) is 2.45. The van der Waals surface area contributed by atoms with Gasteiger partial charge in [-0.25, -0.2) is 0 Å². The van der Waals surface area contributed by atoms with E-state index in [9.17, 15) is 9.59 Å². The fourth-order valence-electron chi connectivity index (χ4n) is 2.24. The van der Waals surface area contributed by atoms with Crippen molar-refractivity contribution in [3.8, 4) is 0 Å². The van der Waals surface area contributed by atoms with Gasteiger partial charge in [-0.2, -0.15) is 0 Å². The van der Waals surface area contributed by atoms with E-state index in [0.29, 0.717) is 29.2 Å². The number of amides is 2. The molecule has 0 spiro atoms. The third kappa shape index (κ3) is 2.94. The normalized spacial score (nSPS) is 16.3. The number of carbonyl (C=O) groups excluding carboxylic acids is 2. The largest absolute Gasteiger partial charge is 0.325 e. The van der Waals surface area contributed by atoms with Gasteiger partial charge in [0.15, 0.2) is 0 Å². The molecule has 0 radical (unpaired) electrons. The van der Waals surface area contributed by atoms with Gasteiger partial charge < -0.3 is 16.4 Å². The Hall–Kier alpha value is -1.59. The van der Waals surface area contributed by atoms with Crippen molar-refractivity contribution in [3.63, 3.8) is 0 Å². The molecule has 1 aromatic rings. The van der Waals surface area contributed by atoms with Crippen LogP contribution in [0.1, 0.15) is 32.3 Å². The van der Waals surface area contributed by atoms with Crippen molar-refractivity contribution in [1.29, 1.82) is 0 Å². The summed E-state index contributed by atoms with van der Waals surface area (Å²) < 4.78 is 0. The Morgan fingerprint density at radius 2 is 2.25 bits per heavy atom. The lowest BCUT2D eigenvalue weighted by Gasteiger charge is -2.23. The van der Waals surface area contributed by atoms with Gasteiger partial charge in [-0.1, -0.05) is 24.9 Å². The summed E-state index contributed by atoms with van der Waals surface area (Å²) in [5.41, 5.74) is 7.05. The molecule has 2 rings (SSSR count). The molecule has 20 heavy (non-hydrogen) atoms. The smallest absolute Gasteiger partial charge is 0.244 e. The number of halogens is 1. The predicted octanol–water partition coefficient (Wildman–Crippen LogP) is 2.29. The quantitative estimate of drug-likeness (QED) is 0.797. The summed E-state index contributed by atoms with van der Waals surface area (Å²) in [4.78, 5) is 23.5. The van der Waals surface area contributed by atoms with E-state index in [1.54, 1.807) is 19.1 Å². The van der Waals surface area contributed by atoms with Crippen molar-refractivity contribution in [2.75, 3.05) is 10.6 Å². The molecule has 4 N–H and O–H groups in total. The SMILES string of the molecule is CCCC(C)(N)C(=O)Nc1cc2c(cc1Cl)NC(=O)C2. The number of hydrogen-bond donors (Lipinski definition) is 3. The summed E-state index contributed by atoms with van der Waals surface area (Å²) in [6.45, 7) is 3.66. The van der Waals surface area contributed by atoms with Gasteiger partial charge in [0.1, 0.15) is 0 Å². The fraction of sp³-hybridized carbons (Fsp3) is 0.429. The van der Waals surface area contributed by atoms with Crippen molar-refractivity contribution in [3.05, 3.63) is 22.7 Å². The average molecular weight is 296 g/mol. The minimum atomic E-state index is -0.939. The molecule has 0 bridgehead atoms. The molecule has 0 aromatic heterocycles. The van der Waals surface area contributed by atoms with Gasteiger partial charge in [0.2, 0.25) is 11.8 Å². The first-order valence-electron chi connectivity index (χ1n) is 6.56. The van der Waals surface area contributed by atoms with E-state index < -0.39 is 5.54 Å². The van der Waals surface area contributed by atoms with Crippen molar-refractivity contribution in [2.45, 2.75) is 38.6 Å². The monoisotopic (exact) mass is 295 g/mol. The first kappa shape index (κ1) is 14.8. The molecular formula is C14H18ClN3O2. The van der Waals surface area contributed by atoms with Crippen LogP contribution in [0.3, 0.4) is 0 Å². The highest BCUT2D eigenvalue weighted by molar-refractivity contribution is 6.34. The minimum Gasteiger partial charge on any atom is -0.325 e. The molecule has 1 unspecified atom stereocenters. The zero-order valence-corrected chi connectivity index (χ0v) is 12.3. The molecule has 6 heteroatoms. The average Bonchev–Trinajstić information content (AvgIpc) is 2.68. The first-order chi connectivity index (χ1) is 9.33. The highest BCUT2D eigenvalue weighted by atomic mass is 35.5. The van der Waals surface area contributed by atoms with Crippen LogP contribution < -0.4 is 16.4 Å². The number of rotatable bonds is 4. The lowest BCUT2D eigenvalue weighted by Crippen LogP contribution is -2.48.